The van der Waals surface area contributed by atoms with Crippen molar-refractivity contribution in [2.45, 2.75) is 19.8 Å². The van der Waals surface area contributed by atoms with Crippen molar-refractivity contribution in [2.75, 3.05) is 0 Å². The molecule has 0 amide bonds. The number of hydrogen-bond donors (Lipinski definition) is 1. The maximum atomic E-state index is 10.2. The van der Waals surface area contributed by atoms with Gasteiger partial charge in [-0.2, -0.15) is 36.4 Å². The predicted molar refractivity (Wildman–Crippen MR) is 191 cm³/mol. The van der Waals surface area contributed by atoms with Gasteiger partial charge in [0.15, 0.2) is 0 Å². The SMILES string of the molecule is CC(C)c1cc(Cl)cc(C=Nc2ccccc2)c1O.[Ni].[c-]1ccccc1.c1ccc(P(c2ccccc2)c2ccccc2)cc1. The van der Waals surface area contributed by atoms with Gasteiger partial charge >= 0.3 is 0 Å². The van der Waals surface area contributed by atoms with Crippen LogP contribution in [0, 0.1) is 6.07 Å². The first-order valence-corrected chi connectivity index (χ1v) is 16.2. The summed E-state index contributed by atoms with van der Waals surface area (Å²) in [7, 11) is -0.446. The fourth-order valence-electron chi connectivity index (χ4n) is 4.36. The van der Waals surface area contributed by atoms with Crippen LogP contribution in [0.2, 0.25) is 5.02 Å². The Morgan fingerprint density at radius 1 is 0.644 bits per heavy atom. The molecule has 1 N–H and O–H groups in total. The number of aliphatic imine (C=N–C) groups is 1. The van der Waals surface area contributed by atoms with Crippen LogP contribution in [0.25, 0.3) is 0 Å². The molecule has 0 aliphatic rings. The van der Waals surface area contributed by atoms with Gasteiger partial charge in [-0.3, -0.25) is 4.99 Å². The molecular formula is C40H36ClNNiOP-. The Morgan fingerprint density at radius 2 is 1.07 bits per heavy atom. The van der Waals surface area contributed by atoms with Crippen LogP contribution in [0.3, 0.4) is 0 Å². The Kier molecular flexibility index (Phi) is 15.3. The van der Waals surface area contributed by atoms with E-state index in [2.05, 4.69) is 102 Å². The van der Waals surface area contributed by atoms with E-state index in [1.807, 2.05) is 74.5 Å². The summed E-state index contributed by atoms with van der Waals surface area (Å²) in [4.78, 5) is 4.34. The van der Waals surface area contributed by atoms with Crippen LogP contribution < -0.4 is 15.9 Å². The van der Waals surface area contributed by atoms with Crippen molar-refractivity contribution in [3.63, 3.8) is 0 Å². The molecule has 6 aromatic rings. The molecule has 5 heteroatoms. The number of phenolic OH excluding ortho intramolecular Hbond substituents is 1. The van der Waals surface area contributed by atoms with E-state index < -0.39 is 7.92 Å². The number of hydrogen-bond acceptors (Lipinski definition) is 2. The number of nitrogens with zero attached hydrogens (tertiary/aromatic N) is 1. The third-order valence-corrected chi connectivity index (χ3v) is 9.18. The van der Waals surface area contributed by atoms with Crippen molar-refractivity contribution in [1.82, 2.24) is 0 Å². The second-order valence-electron chi connectivity index (χ2n) is 10.1. The molecule has 0 aromatic heterocycles. The Bertz CT molecular complexity index is 1560. The van der Waals surface area contributed by atoms with Gasteiger partial charge in [0, 0.05) is 33.3 Å². The molecule has 0 unspecified atom stereocenters. The average Bonchev–Trinajstić information content (AvgIpc) is 3.08. The van der Waals surface area contributed by atoms with Gasteiger partial charge in [-0.1, -0.05) is 135 Å². The third-order valence-electron chi connectivity index (χ3n) is 6.51. The number of phenols is 1. The standard InChI is InChI=1S/C18H15P.C16H16ClNO.C6H5.Ni/c1-4-10-16(11-5-1)19(17-12-6-2-7-13-17)18-14-8-3-9-15-18;1-11(2)15-9-13(17)8-12(16(15)19)10-18-14-6-4-3-5-7-14;1-2-4-6-5-3-1;/h1-15H;3-11,19H,1-2H3;1-5H;/q;;-1;. The maximum absolute atomic E-state index is 10.2. The second kappa shape index (κ2) is 19.4. The molecule has 0 bridgehead atoms. The number of rotatable bonds is 6. The molecule has 2 nitrogen and oxygen atoms in total. The van der Waals surface area contributed by atoms with Crippen LogP contribution in [0.1, 0.15) is 30.9 Å². The number of para-hydroxylation sites is 1. The van der Waals surface area contributed by atoms with E-state index >= 15 is 0 Å². The molecule has 0 aliphatic carbocycles. The minimum absolute atomic E-state index is 0. The Hall–Kier alpha value is -4.00. The zero-order valence-electron chi connectivity index (χ0n) is 25.3. The van der Waals surface area contributed by atoms with Crippen molar-refractivity contribution in [1.29, 1.82) is 0 Å². The van der Waals surface area contributed by atoms with Crippen LogP contribution >= 0.6 is 19.5 Å². The van der Waals surface area contributed by atoms with Gasteiger partial charge in [0.05, 0.1) is 5.69 Å². The van der Waals surface area contributed by atoms with Gasteiger partial charge in [0.25, 0.3) is 0 Å². The van der Waals surface area contributed by atoms with Crippen molar-refractivity contribution in [3.05, 3.63) is 186 Å². The van der Waals surface area contributed by atoms with Gasteiger partial charge in [0.1, 0.15) is 5.75 Å². The first-order chi connectivity index (χ1) is 21.5. The molecule has 0 atom stereocenters. The van der Waals surface area contributed by atoms with Crippen molar-refractivity contribution in [2.24, 2.45) is 4.99 Å². The largest absolute Gasteiger partial charge is 0.507 e. The van der Waals surface area contributed by atoms with E-state index in [4.69, 9.17) is 11.6 Å². The zero-order valence-corrected chi connectivity index (χ0v) is 27.9. The summed E-state index contributed by atoms with van der Waals surface area (Å²) in [6.45, 7) is 4.03. The van der Waals surface area contributed by atoms with E-state index in [1.165, 1.54) is 15.9 Å². The Morgan fingerprint density at radius 3 is 1.44 bits per heavy atom. The molecule has 0 fully saturated rings. The number of aromatic hydroxyl groups is 1. The molecule has 230 valence electrons. The molecule has 0 saturated carbocycles. The van der Waals surface area contributed by atoms with Crippen molar-refractivity contribution < 1.29 is 21.6 Å². The van der Waals surface area contributed by atoms with Crippen LogP contribution in [0.5, 0.6) is 5.75 Å². The van der Waals surface area contributed by atoms with E-state index in [1.54, 1.807) is 18.3 Å². The van der Waals surface area contributed by atoms with Crippen molar-refractivity contribution >= 4 is 47.3 Å². The monoisotopic (exact) mass is 670 g/mol. The minimum atomic E-state index is -0.446. The average molecular weight is 672 g/mol. The van der Waals surface area contributed by atoms with Gasteiger partial charge in [-0.15, -0.1) is 0 Å². The molecular weight excluding hydrogens is 636 g/mol. The minimum Gasteiger partial charge on any atom is -0.507 e. The van der Waals surface area contributed by atoms with Crippen LogP contribution in [-0.2, 0) is 16.5 Å². The fourth-order valence-corrected chi connectivity index (χ4v) is 6.90. The van der Waals surface area contributed by atoms with E-state index in [0.29, 0.717) is 10.6 Å². The van der Waals surface area contributed by atoms with E-state index in [9.17, 15) is 5.11 Å². The summed E-state index contributed by atoms with van der Waals surface area (Å²) >= 11 is 6.08. The van der Waals surface area contributed by atoms with E-state index in [-0.39, 0.29) is 28.2 Å². The normalized spacial score (nSPS) is 10.3. The van der Waals surface area contributed by atoms with E-state index in [0.717, 1.165) is 11.3 Å². The summed E-state index contributed by atoms with van der Waals surface area (Å²) in [5.74, 6) is 0.460. The van der Waals surface area contributed by atoms with Crippen LogP contribution in [0.4, 0.5) is 5.69 Å². The zero-order chi connectivity index (χ0) is 31.0. The van der Waals surface area contributed by atoms with Gasteiger partial charge < -0.3 is 5.11 Å². The molecule has 0 spiro atoms. The fraction of sp³-hybridized carbons (Fsp3) is 0.0750. The second-order valence-corrected chi connectivity index (χ2v) is 12.8. The summed E-state index contributed by atoms with van der Waals surface area (Å²) in [5, 5.41) is 15.0. The maximum Gasteiger partial charge on any atom is 0.127 e. The van der Waals surface area contributed by atoms with Gasteiger partial charge in [-0.25, -0.2) is 0 Å². The first kappa shape index (κ1) is 35.5. The topological polar surface area (TPSA) is 32.6 Å². The molecule has 0 saturated heterocycles. The first-order valence-electron chi connectivity index (χ1n) is 14.5. The number of benzene rings is 6. The molecule has 0 heterocycles. The quantitative estimate of drug-likeness (QED) is 0.0813. The predicted octanol–water partition coefficient (Wildman–Crippen LogP) is 9.85. The molecule has 6 rings (SSSR count). The van der Waals surface area contributed by atoms with Crippen LogP contribution in [-0.4, -0.2) is 11.3 Å². The molecule has 6 aromatic carbocycles. The molecule has 0 aliphatic heterocycles. The van der Waals surface area contributed by atoms with Crippen molar-refractivity contribution in [3.8, 4) is 5.75 Å². The third kappa shape index (κ3) is 11.5. The smallest absolute Gasteiger partial charge is 0.127 e. The Balaban J connectivity index is 0.000000203. The number of halogens is 1. The Labute approximate surface area is 284 Å². The summed E-state index contributed by atoms with van der Waals surface area (Å²) in [6, 6.07) is 57.9. The summed E-state index contributed by atoms with van der Waals surface area (Å²) in [6.07, 6.45) is 1.64. The summed E-state index contributed by atoms with van der Waals surface area (Å²) in [5.41, 5.74) is 2.31. The molecule has 0 radical (unpaired) electrons. The summed E-state index contributed by atoms with van der Waals surface area (Å²) < 4.78 is 0. The van der Waals surface area contributed by atoms with Gasteiger partial charge in [0.2, 0.25) is 0 Å². The van der Waals surface area contributed by atoms with Gasteiger partial charge in [-0.05, 0) is 59.6 Å². The molecule has 45 heavy (non-hydrogen) atoms. The van der Waals surface area contributed by atoms with Crippen LogP contribution in [0.15, 0.2) is 169 Å².